The van der Waals surface area contributed by atoms with Crippen molar-refractivity contribution in [3.63, 3.8) is 0 Å². The molecule has 0 atom stereocenters. The van der Waals surface area contributed by atoms with Crippen LogP contribution in [-0.4, -0.2) is 18.3 Å². The first kappa shape index (κ1) is 13.2. The summed E-state index contributed by atoms with van der Waals surface area (Å²) in [5, 5.41) is 0. The molecule has 3 rings (SSSR count). The van der Waals surface area contributed by atoms with Crippen LogP contribution in [0.15, 0.2) is 18.2 Å². The lowest BCUT2D eigenvalue weighted by Gasteiger charge is -2.32. The molecule has 2 fully saturated rings. The lowest BCUT2D eigenvalue weighted by atomic mass is 9.72. The molecule has 102 valence electrons. The summed E-state index contributed by atoms with van der Waals surface area (Å²) < 4.78 is 12.5. The maximum Gasteiger partial charge on any atom is 0.495 e. The Labute approximate surface area is 116 Å². The van der Waals surface area contributed by atoms with Gasteiger partial charge in [-0.3, -0.25) is 0 Å². The van der Waals surface area contributed by atoms with Gasteiger partial charge in [0.1, 0.15) is 0 Å². The van der Waals surface area contributed by atoms with Crippen molar-refractivity contribution in [1.29, 1.82) is 0 Å². The van der Waals surface area contributed by atoms with Crippen molar-refractivity contribution in [2.75, 3.05) is 0 Å². The van der Waals surface area contributed by atoms with E-state index in [9.17, 15) is 0 Å². The predicted octanol–water partition coefficient (Wildman–Crippen LogP) is 3.17. The van der Waals surface area contributed by atoms with Gasteiger partial charge in [-0.1, -0.05) is 23.8 Å². The third-order valence-electron chi connectivity index (χ3n) is 4.86. The summed E-state index contributed by atoms with van der Waals surface area (Å²) >= 11 is 0. The number of aryl methyl sites for hydroxylation is 1. The molecule has 0 spiro atoms. The molecule has 1 aromatic carbocycles. The van der Waals surface area contributed by atoms with Crippen molar-refractivity contribution in [3.8, 4) is 0 Å². The zero-order chi connectivity index (χ0) is 13.8. The molecular formula is C16H23BO2. The van der Waals surface area contributed by atoms with Crippen LogP contribution in [0.1, 0.15) is 57.6 Å². The molecule has 0 radical (unpaired) electrons. The molecule has 3 heteroatoms. The fraction of sp³-hybridized carbons (Fsp3) is 0.625. The molecule has 1 aliphatic heterocycles. The molecule has 0 bridgehead atoms. The quantitative estimate of drug-likeness (QED) is 0.758. The van der Waals surface area contributed by atoms with E-state index < -0.39 is 0 Å². The Morgan fingerprint density at radius 2 is 1.63 bits per heavy atom. The average Bonchev–Trinajstić information content (AvgIpc) is 3.07. The Bertz CT molecular complexity index is 487. The van der Waals surface area contributed by atoms with E-state index in [0.717, 1.165) is 0 Å². The van der Waals surface area contributed by atoms with E-state index in [0.29, 0.717) is 5.92 Å². The van der Waals surface area contributed by atoms with E-state index in [2.05, 4.69) is 52.8 Å². The van der Waals surface area contributed by atoms with E-state index in [1.165, 1.54) is 29.4 Å². The lowest BCUT2D eigenvalue weighted by Crippen LogP contribution is -2.41. The lowest BCUT2D eigenvalue weighted by molar-refractivity contribution is 0.00578. The number of benzene rings is 1. The topological polar surface area (TPSA) is 18.5 Å². The van der Waals surface area contributed by atoms with Crippen LogP contribution in [0.2, 0.25) is 0 Å². The maximum absolute atomic E-state index is 6.23. The number of rotatable bonds is 2. The summed E-state index contributed by atoms with van der Waals surface area (Å²) in [6.07, 6.45) is 2.60. The summed E-state index contributed by atoms with van der Waals surface area (Å²) in [5.41, 5.74) is 3.45. The minimum absolute atomic E-state index is 0.221. The van der Waals surface area contributed by atoms with Crippen molar-refractivity contribution >= 4 is 12.6 Å². The van der Waals surface area contributed by atoms with E-state index in [4.69, 9.17) is 9.31 Å². The Hall–Kier alpha value is -0.795. The van der Waals surface area contributed by atoms with Gasteiger partial charge in [-0.15, -0.1) is 0 Å². The fourth-order valence-corrected chi connectivity index (χ4v) is 2.74. The summed E-state index contributed by atoms with van der Waals surface area (Å²) in [4.78, 5) is 0. The summed E-state index contributed by atoms with van der Waals surface area (Å²) in [7, 11) is -0.221. The first-order chi connectivity index (χ1) is 8.82. The van der Waals surface area contributed by atoms with Crippen molar-refractivity contribution in [3.05, 3.63) is 29.3 Å². The third kappa shape index (κ3) is 2.13. The van der Waals surface area contributed by atoms with Gasteiger partial charge in [0.05, 0.1) is 11.2 Å². The highest BCUT2D eigenvalue weighted by molar-refractivity contribution is 6.63. The SMILES string of the molecule is Cc1cccc(C2CC2)c1B1OC(C)(C)C(C)(C)O1. The highest BCUT2D eigenvalue weighted by atomic mass is 16.7. The van der Waals surface area contributed by atoms with Gasteiger partial charge >= 0.3 is 7.12 Å². The summed E-state index contributed by atoms with van der Waals surface area (Å²) in [6, 6.07) is 6.55. The van der Waals surface area contributed by atoms with Crippen molar-refractivity contribution in [1.82, 2.24) is 0 Å². The Balaban J connectivity index is 2.00. The molecule has 19 heavy (non-hydrogen) atoms. The van der Waals surface area contributed by atoms with Crippen molar-refractivity contribution in [2.24, 2.45) is 0 Å². The zero-order valence-corrected chi connectivity index (χ0v) is 12.6. The van der Waals surface area contributed by atoms with Gasteiger partial charge in [-0.25, -0.2) is 0 Å². The molecule has 0 amide bonds. The summed E-state index contributed by atoms with van der Waals surface area (Å²) in [6.45, 7) is 10.6. The van der Waals surface area contributed by atoms with E-state index in [1.54, 1.807) is 0 Å². The highest BCUT2D eigenvalue weighted by Gasteiger charge is 2.53. The van der Waals surface area contributed by atoms with Crippen LogP contribution in [0.5, 0.6) is 0 Å². The molecule has 2 aliphatic rings. The summed E-state index contributed by atoms with van der Waals surface area (Å²) in [5.74, 6) is 0.717. The van der Waals surface area contributed by atoms with E-state index >= 15 is 0 Å². The van der Waals surface area contributed by atoms with E-state index in [1.807, 2.05) is 0 Å². The first-order valence-corrected chi connectivity index (χ1v) is 7.27. The Morgan fingerprint density at radius 1 is 1.05 bits per heavy atom. The number of hydrogen-bond acceptors (Lipinski definition) is 2. The smallest absolute Gasteiger partial charge is 0.399 e. The van der Waals surface area contributed by atoms with Gasteiger partial charge in [0, 0.05) is 0 Å². The molecule has 1 aliphatic carbocycles. The van der Waals surface area contributed by atoms with Gasteiger partial charge < -0.3 is 9.31 Å². The normalized spacial score (nSPS) is 24.8. The monoisotopic (exact) mass is 258 g/mol. The molecule has 0 unspecified atom stereocenters. The van der Waals surface area contributed by atoms with Gasteiger partial charge in [0.25, 0.3) is 0 Å². The molecular weight excluding hydrogens is 235 g/mol. The third-order valence-corrected chi connectivity index (χ3v) is 4.86. The predicted molar refractivity (Wildman–Crippen MR) is 78.9 cm³/mol. The van der Waals surface area contributed by atoms with Crippen LogP contribution in [0, 0.1) is 6.92 Å². The Kier molecular flexibility index (Phi) is 2.85. The standard InChI is InChI=1S/C16H23BO2/c1-11-7-6-8-13(12-9-10-12)14(11)17-18-15(2,3)16(4,5)19-17/h6-8,12H,9-10H2,1-5H3. The van der Waals surface area contributed by atoms with Crippen LogP contribution in [-0.2, 0) is 9.31 Å². The molecule has 1 saturated carbocycles. The molecule has 2 nitrogen and oxygen atoms in total. The minimum Gasteiger partial charge on any atom is -0.399 e. The van der Waals surface area contributed by atoms with Crippen LogP contribution >= 0.6 is 0 Å². The molecule has 0 aromatic heterocycles. The second-order valence-electron chi connectivity index (χ2n) is 6.94. The van der Waals surface area contributed by atoms with E-state index in [-0.39, 0.29) is 18.3 Å². The van der Waals surface area contributed by atoms with Gasteiger partial charge in [0.15, 0.2) is 0 Å². The highest BCUT2D eigenvalue weighted by Crippen LogP contribution is 2.42. The van der Waals surface area contributed by atoms with Crippen LogP contribution in [0.4, 0.5) is 0 Å². The maximum atomic E-state index is 6.23. The first-order valence-electron chi connectivity index (χ1n) is 7.27. The number of hydrogen-bond donors (Lipinski definition) is 0. The second-order valence-corrected chi connectivity index (χ2v) is 6.94. The fourth-order valence-electron chi connectivity index (χ4n) is 2.74. The molecule has 1 aromatic rings. The van der Waals surface area contributed by atoms with Gasteiger partial charge in [-0.05, 0) is 64.4 Å². The van der Waals surface area contributed by atoms with Crippen LogP contribution < -0.4 is 5.46 Å². The van der Waals surface area contributed by atoms with Gasteiger partial charge in [0.2, 0.25) is 0 Å². The zero-order valence-electron chi connectivity index (χ0n) is 12.6. The Morgan fingerprint density at radius 3 is 2.16 bits per heavy atom. The second kappa shape index (κ2) is 4.10. The van der Waals surface area contributed by atoms with Gasteiger partial charge in [-0.2, -0.15) is 0 Å². The van der Waals surface area contributed by atoms with Crippen LogP contribution in [0.25, 0.3) is 0 Å². The average molecular weight is 258 g/mol. The largest absolute Gasteiger partial charge is 0.495 e. The van der Waals surface area contributed by atoms with Crippen LogP contribution in [0.3, 0.4) is 0 Å². The minimum atomic E-state index is -0.263. The molecule has 1 heterocycles. The molecule has 1 saturated heterocycles. The van der Waals surface area contributed by atoms with Crippen molar-refractivity contribution < 1.29 is 9.31 Å². The molecule has 0 N–H and O–H groups in total. The van der Waals surface area contributed by atoms with Crippen molar-refractivity contribution in [2.45, 2.75) is 64.6 Å².